The van der Waals surface area contributed by atoms with E-state index in [2.05, 4.69) is 22.5 Å². The number of hydrogen-bond donors (Lipinski definition) is 3. The molecule has 234 valence electrons. The number of aliphatic hydroxyl groups is 1. The van der Waals surface area contributed by atoms with Gasteiger partial charge in [-0.15, -0.1) is 11.3 Å². The Morgan fingerprint density at radius 1 is 1.11 bits per heavy atom. The third kappa shape index (κ3) is 6.58. The van der Waals surface area contributed by atoms with Crippen LogP contribution in [-0.4, -0.2) is 69.3 Å². The van der Waals surface area contributed by atoms with E-state index in [0.29, 0.717) is 24.1 Å². The number of nitrogens with zero attached hydrogens (tertiary/aromatic N) is 4. The highest BCUT2D eigenvalue weighted by Gasteiger charge is 2.53. The molecule has 2 saturated carbocycles. The van der Waals surface area contributed by atoms with Crippen molar-refractivity contribution in [3.05, 3.63) is 59.5 Å². The van der Waals surface area contributed by atoms with Gasteiger partial charge in [0.25, 0.3) is 0 Å². The van der Waals surface area contributed by atoms with Gasteiger partial charge >= 0.3 is 0 Å². The summed E-state index contributed by atoms with van der Waals surface area (Å²) < 4.78 is 32.3. The first kappa shape index (κ1) is 30.8. The summed E-state index contributed by atoms with van der Waals surface area (Å²) in [5.41, 5.74) is 2.73. The second-order valence-corrected chi connectivity index (χ2v) is 15.8. The lowest BCUT2D eigenvalue weighted by molar-refractivity contribution is -0.102. The Morgan fingerprint density at radius 3 is 2.55 bits per heavy atom. The Balaban J connectivity index is 1.37. The zero-order chi connectivity index (χ0) is 31.2. The molecule has 0 saturated heterocycles. The molecule has 2 fully saturated rings. The Morgan fingerprint density at radius 2 is 1.86 bits per heavy atom. The average Bonchev–Trinajstić information content (AvgIpc) is 3.67. The smallest absolute Gasteiger partial charge is 0.225 e. The molecule has 44 heavy (non-hydrogen) atoms. The van der Waals surface area contributed by atoms with Gasteiger partial charge in [-0.2, -0.15) is 4.98 Å². The van der Waals surface area contributed by atoms with Crippen LogP contribution in [0.25, 0.3) is 20.8 Å². The van der Waals surface area contributed by atoms with Crippen LogP contribution < -0.4 is 10.6 Å². The predicted molar refractivity (Wildman–Crippen MR) is 175 cm³/mol. The van der Waals surface area contributed by atoms with Crippen LogP contribution in [0.4, 0.5) is 11.8 Å². The van der Waals surface area contributed by atoms with E-state index in [1.807, 2.05) is 50.2 Å². The molecular weight excluding hydrogens is 597 g/mol. The van der Waals surface area contributed by atoms with Crippen molar-refractivity contribution in [3.8, 4) is 10.6 Å². The molecule has 5 atom stereocenters. The molecule has 3 aromatic heterocycles. The van der Waals surface area contributed by atoms with Crippen LogP contribution in [0.1, 0.15) is 50.1 Å². The van der Waals surface area contributed by atoms with Gasteiger partial charge in [-0.3, -0.25) is 4.98 Å². The van der Waals surface area contributed by atoms with E-state index < -0.39 is 33.5 Å². The number of nitrogens with one attached hydrogen (secondary N) is 2. The standard InChI is InChI=1S/C32H40N6O4S2/c1-18(22-11-12-22)34-31-35-19(2)26(30-37-27-20(3)33-14-13-24(27)43-30)29(38-31)36-25-15-23(17-44(5,40)41)28(32(25,4)39)42-16-21-9-7-6-8-10-21/h6-10,13-14,18,22-23,25,28,39H,11-12,15-17H2,1-5H3,(H2,34,35,36,38)/t18-,23-,25?,28-,32+/m1/s1. The lowest BCUT2D eigenvalue weighted by Gasteiger charge is -2.33. The van der Waals surface area contributed by atoms with Crippen LogP contribution in [0.15, 0.2) is 42.6 Å². The van der Waals surface area contributed by atoms with Crippen LogP contribution in [0.2, 0.25) is 0 Å². The topological polar surface area (TPSA) is 139 Å². The first-order valence-corrected chi connectivity index (χ1v) is 18.0. The molecule has 1 unspecified atom stereocenters. The highest BCUT2D eigenvalue weighted by molar-refractivity contribution is 7.90. The average molecular weight is 637 g/mol. The van der Waals surface area contributed by atoms with Crippen molar-refractivity contribution in [1.82, 2.24) is 19.9 Å². The molecule has 0 spiro atoms. The number of rotatable bonds is 11. The summed E-state index contributed by atoms with van der Waals surface area (Å²) in [5.74, 6) is 1.14. The van der Waals surface area contributed by atoms with Gasteiger partial charge < -0.3 is 20.5 Å². The third-order valence-corrected chi connectivity index (χ3v) is 10.9. The number of anilines is 2. The molecule has 1 aromatic carbocycles. The van der Waals surface area contributed by atoms with Crippen molar-refractivity contribution in [3.63, 3.8) is 0 Å². The lowest BCUT2D eigenvalue weighted by atomic mass is 9.96. The molecule has 12 heteroatoms. The molecule has 3 heterocycles. The first-order valence-electron chi connectivity index (χ1n) is 15.1. The van der Waals surface area contributed by atoms with Crippen LogP contribution in [0, 0.1) is 25.7 Å². The van der Waals surface area contributed by atoms with E-state index >= 15 is 0 Å². The van der Waals surface area contributed by atoms with Gasteiger partial charge in [0.05, 0.1) is 46.2 Å². The maximum absolute atomic E-state index is 12.5. The lowest BCUT2D eigenvalue weighted by Crippen LogP contribution is -2.49. The molecule has 0 bridgehead atoms. The van der Waals surface area contributed by atoms with Gasteiger partial charge in [-0.05, 0) is 64.5 Å². The molecule has 4 aromatic rings. The summed E-state index contributed by atoms with van der Waals surface area (Å²) in [5, 5.41) is 19.8. The molecule has 0 aliphatic heterocycles. The number of aromatic nitrogens is 4. The Labute approximate surface area is 262 Å². The van der Waals surface area contributed by atoms with E-state index in [1.165, 1.54) is 19.1 Å². The number of sulfone groups is 1. The number of ether oxygens (including phenoxy) is 1. The number of fused-ring (bicyclic) bond motifs is 1. The van der Waals surface area contributed by atoms with E-state index in [4.69, 9.17) is 19.7 Å². The van der Waals surface area contributed by atoms with Gasteiger partial charge in [-0.1, -0.05) is 30.3 Å². The zero-order valence-corrected chi connectivity index (χ0v) is 27.4. The van der Waals surface area contributed by atoms with E-state index in [-0.39, 0.29) is 18.4 Å². The Kier molecular flexibility index (Phi) is 8.38. The second-order valence-electron chi connectivity index (χ2n) is 12.6. The highest BCUT2D eigenvalue weighted by Crippen LogP contribution is 2.43. The molecule has 2 aliphatic carbocycles. The summed E-state index contributed by atoms with van der Waals surface area (Å²) in [4.78, 5) is 19.1. The van der Waals surface area contributed by atoms with E-state index in [0.717, 1.165) is 37.7 Å². The number of thiazole rings is 1. The van der Waals surface area contributed by atoms with Gasteiger partial charge in [0.1, 0.15) is 31.8 Å². The summed E-state index contributed by atoms with van der Waals surface area (Å²) in [6.45, 7) is 8.01. The monoisotopic (exact) mass is 636 g/mol. The predicted octanol–water partition coefficient (Wildman–Crippen LogP) is 5.16. The number of benzene rings is 1. The maximum atomic E-state index is 12.5. The van der Waals surface area contributed by atoms with Crippen molar-refractivity contribution in [2.75, 3.05) is 22.6 Å². The molecule has 3 N–H and O–H groups in total. The fourth-order valence-electron chi connectivity index (χ4n) is 6.32. The third-order valence-electron chi connectivity index (χ3n) is 8.83. The minimum Gasteiger partial charge on any atom is -0.385 e. The Bertz CT molecular complexity index is 1760. The van der Waals surface area contributed by atoms with Gasteiger partial charge in [0, 0.05) is 24.4 Å². The van der Waals surface area contributed by atoms with Crippen molar-refractivity contribution in [2.45, 2.75) is 77.4 Å². The molecule has 10 nitrogen and oxygen atoms in total. The van der Waals surface area contributed by atoms with Crippen LogP contribution in [0.5, 0.6) is 0 Å². The van der Waals surface area contributed by atoms with Crippen molar-refractivity contribution in [2.24, 2.45) is 11.8 Å². The summed E-state index contributed by atoms with van der Waals surface area (Å²) in [6, 6.07) is 11.3. The van der Waals surface area contributed by atoms with Crippen LogP contribution in [0.3, 0.4) is 0 Å². The van der Waals surface area contributed by atoms with Crippen molar-refractivity contribution < 1.29 is 18.3 Å². The number of aryl methyl sites for hydroxylation is 2. The molecular formula is C32H40N6O4S2. The minimum absolute atomic E-state index is 0.0910. The Hall–Kier alpha value is -3.19. The van der Waals surface area contributed by atoms with Gasteiger partial charge in [-0.25, -0.2) is 18.4 Å². The zero-order valence-electron chi connectivity index (χ0n) is 25.7. The van der Waals surface area contributed by atoms with Crippen molar-refractivity contribution in [1.29, 1.82) is 0 Å². The summed E-state index contributed by atoms with van der Waals surface area (Å²) in [6.07, 6.45) is 5.04. The summed E-state index contributed by atoms with van der Waals surface area (Å²) in [7, 11) is -3.34. The fourth-order valence-corrected chi connectivity index (χ4v) is 8.52. The maximum Gasteiger partial charge on any atom is 0.225 e. The van der Waals surface area contributed by atoms with Gasteiger partial charge in [0.2, 0.25) is 5.95 Å². The summed E-state index contributed by atoms with van der Waals surface area (Å²) >= 11 is 1.54. The molecule has 0 amide bonds. The highest BCUT2D eigenvalue weighted by atomic mass is 32.2. The fraction of sp³-hybridized carbons (Fsp3) is 0.500. The molecule has 6 rings (SSSR count). The van der Waals surface area contributed by atoms with E-state index in [1.54, 1.807) is 24.5 Å². The second kappa shape index (κ2) is 12.0. The number of pyridine rings is 1. The van der Waals surface area contributed by atoms with Gasteiger partial charge in [0.15, 0.2) is 0 Å². The normalized spacial score (nSPS) is 24.5. The largest absolute Gasteiger partial charge is 0.385 e. The minimum atomic E-state index is -3.34. The SMILES string of the molecule is Cc1nc(N[C@H](C)C2CC2)nc(NC2C[C@H](CS(C)(=O)=O)[C@@H](OCc3ccccc3)[C@@]2(C)O)c1-c1nc2c(C)nccc2s1. The van der Waals surface area contributed by atoms with Crippen molar-refractivity contribution >= 4 is 43.2 Å². The first-order chi connectivity index (χ1) is 20.9. The van der Waals surface area contributed by atoms with Crippen LogP contribution in [-0.2, 0) is 21.2 Å². The quantitative estimate of drug-likeness (QED) is 0.202. The number of hydrogen-bond acceptors (Lipinski definition) is 11. The van der Waals surface area contributed by atoms with Crippen LogP contribution >= 0.6 is 11.3 Å². The van der Waals surface area contributed by atoms with E-state index in [9.17, 15) is 13.5 Å². The molecule has 0 radical (unpaired) electrons. The molecule has 2 aliphatic rings.